The number of thiophene rings is 1. The van der Waals surface area contributed by atoms with Crippen LogP contribution in [0.2, 0.25) is 0 Å². The largest absolute Gasteiger partial charge is 0.326 e. The Balaban J connectivity index is 1.70. The number of hydrogen-bond donors (Lipinski definition) is 3. The Morgan fingerprint density at radius 3 is 2.58 bits per heavy atom. The molecule has 6 nitrogen and oxygen atoms in total. The van der Waals surface area contributed by atoms with E-state index in [4.69, 9.17) is 0 Å². The number of amides is 2. The number of aromatic amines is 1. The van der Waals surface area contributed by atoms with Gasteiger partial charge in [-0.05, 0) is 29.6 Å². The Labute approximate surface area is 155 Å². The number of nitrogens with one attached hydrogen (secondary N) is 3. The van der Waals surface area contributed by atoms with E-state index in [1.807, 2.05) is 38.3 Å². The molecular weight excluding hydrogens is 348 g/mol. The highest BCUT2D eigenvalue weighted by atomic mass is 32.1. The maximum absolute atomic E-state index is 12.5. The molecule has 0 aliphatic heterocycles. The number of H-pyrrole nitrogens is 1. The van der Waals surface area contributed by atoms with Crippen LogP contribution in [-0.4, -0.2) is 22.0 Å². The van der Waals surface area contributed by atoms with Gasteiger partial charge in [-0.2, -0.15) is 5.10 Å². The summed E-state index contributed by atoms with van der Waals surface area (Å²) in [5, 5.41) is 14.6. The van der Waals surface area contributed by atoms with Gasteiger partial charge in [-0.15, -0.1) is 11.3 Å². The Morgan fingerprint density at radius 2 is 1.88 bits per heavy atom. The summed E-state index contributed by atoms with van der Waals surface area (Å²) in [6.45, 7) is 5.50. The van der Waals surface area contributed by atoms with Crippen molar-refractivity contribution < 1.29 is 9.59 Å². The van der Waals surface area contributed by atoms with Crippen LogP contribution in [0.15, 0.2) is 47.8 Å². The third kappa shape index (κ3) is 4.18. The van der Waals surface area contributed by atoms with Gasteiger partial charge in [0, 0.05) is 22.7 Å². The van der Waals surface area contributed by atoms with Crippen LogP contribution in [0.3, 0.4) is 0 Å². The third-order valence-corrected chi connectivity index (χ3v) is 4.57. The zero-order valence-electron chi connectivity index (χ0n) is 14.8. The first-order valence-electron chi connectivity index (χ1n) is 8.15. The Hall–Kier alpha value is -2.93. The average molecular weight is 368 g/mol. The topological polar surface area (TPSA) is 86.9 Å². The molecule has 26 heavy (non-hydrogen) atoms. The maximum Gasteiger partial charge on any atom is 0.256 e. The average Bonchev–Trinajstić information content (AvgIpc) is 3.25. The van der Waals surface area contributed by atoms with Crippen LogP contribution < -0.4 is 10.6 Å². The minimum atomic E-state index is -0.508. The molecule has 0 aliphatic rings. The monoisotopic (exact) mass is 368 g/mol. The summed E-state index contributed by atoms with van der Waals surface area (Å²) in [4.78, 5) is 25.6. The summed E-state index contributed by atoms with van der Waals surface area (Å²) < 4.78 is 0. The standard InChI is InChI=1S/C19H20N4O2S/c1-19(2,3)18(25)20-13-7-4-6-12(10-13)17(24)21-16-11-14(22-23-16)15-8-5-9-26-15/h4-11H,1-3H3,(H,20,25)(H2,21,22,23,24). The molecule has 0 atom stereocenters. The van der Waals surface area contributed by atoms with Gasteiger partial charge >= 0.3 is 0 Å². The number of hydrogen-bond acceptors (Lipinski definition) is 4. The maximum atomic E-state index is 12.5. The molecular formula is C19H20N4O2S. The van der Waals surface area contributed by atoms with Crippen molar-refractivity contribution in [3.05, 3.63) is 53.4 Å². The minimum absolute atomic E-state index is 0.108. The van der Waals surface area contributed by atoms with E-state index in [1.54, 1.807) is 41.7 Å². The molecule has 0 saturated carbocycles. The molecule has 3 N–H and O–H groups in total. The van der Waals surface area contributed by atoms with Gasteiger partial charge in [-0.25, -0.2) is 0 Å². The fraction of sp³-hybridized carbons (Fsp3) is 0.211. The lowest BCUT2D eigenvalue weighted by molar-refractivity contribution is -0.123. The van der Waals surface area contributed by atoms with Crippen molar-refractivity contribution in [2.24, 2.45) is 5.41 Å². The molecule has 0 unspecified atom stereocenters. The first-order chi connectivity index (χ1) is 12.3. The SMILES string of the molecule is CC(C)(C)C(=O)Nc1cccc(C(=O)Nc2cc(-c3cccs3)[nH]n2)c1. The number of anilines is 2. The lowest BCUT2D eigenvalue weighted by Crippen LogP contribution is -2.27. The number of nitrogens with zero attached hydrogens (tertiary/aromatic N) is 1. The summed E-state index contributed by atoms with van der Waals surface area (Å²) in [6, 6.07) is 12.5. The molecule has 2 heterocycles. The van der Waals surface area contributed by atoms with Gasteiger partial charge in [-0.1, -0.05) is 32.9 Å². The molecule has 0 spiro atoms. The molecule has 0 aliphatic carbocycles. The van der Waals surface area contributed by atoms with E-state index in [0.29, 0.717) is 17.1 Å². The number of rotatable bonds is 4. The van der Waals surface area contributed by atoms with E-state index in [0.717, 1.165) is 10.6 Å². The van der Waals surface area contributed by atoms with Crippen molar-refractivity contribution in [3.63, 3.8) is 0 Å². The van der Waals surface area contributed by atoms with E-state index in [-0.39, 0.29) is 11.8 Å². The molecule has 2 aromatic heterocycles. The normalized spacial score (nSPS) is 11.2. The Morgan fingerprint density at radius 1 is 1.08 bits per heavy atom. The molecule has 0 fully saturated rings. The summed E-state index contributed by atoms with van der Waals surface area (Å²) in [5.74, 6) is 0.0477. The molecule has 1 aromatic carbocycles. The van der Waals surface area contributed by atoms with Crippen LogP contribution in [0.5, 0.6) is 0 Å². The van der Waals surface area contributed by atoms with Crippen molar-refractivity contribution in [2.45, 2.75) is 20.8 Å². The van der Waals surface area contributed by atoms with E-state index >= 15 is 0 Å². The molecule has 134 valence electrons. The molecule has 7 heteroatoms. The van der Waals surface area contributed by atoms with Gasteiger partial charge in [0.2, 0.25) is 5.91 Å². The predicted octanol–water partition coefficient (Wildman–Crippen LogP) is 4.38. The second-order valence-corrected chi connectivity index (χ2v) is 7.83. The van der Waals surface area contributed by atoms with E-state index in [9.17, 15) is 9.59 Å². The van der Waals surface area contributed by atoms with Crippen molar-refractivity contribution >= 4 is 34.7 Å². The second kappa shape index (κ2) is 7.13. The van der Waals surface area contributed by atoms with E-state index in [2.05, 4.69) is 20.8 Å². The van der Waals surface area contributed by atoms with Crippen LogP contribution in [0, 0.1) is 5.41 Å². The van der Waals surface area contributed by atoms with Crippen molar-refractivity contribution in [1.29, 1.82) is 0 Å². The van der Waals surface area contributed by atoms with Gasteiger partial charge in [0.05, 0.1) is 10.6 Å². The second-order valence-electron chi connectivity index (χ2n) is 6.88. The van der Waals surface area contributed by atoms with Gasteiger partial charge in [-0.3, -0.25) is 14.7 Å². The highest BCUT2D eigenvalue weighted by Gasteiger charge is 2.21. The minimum Gasteiger partial charge on any atom is -0.326 e. The molecule has 3 rings (SSSR count). The lowest BCUT2D eigenvalue weighted by atomic mass is 9.95. The van der Waals surface area contributed by atoms with Crippen LogP contribution in [0.25, 0.3) is 10.6 Å². The molecule has 0 radical (unpaired) electrons. The molecule has 3 aromatic rings. The Kier molecular flexibility index (Phi) is 4.90. The zero-order valence-corrected chi connectivity index (χ0v) is 15.6. The van der Waals surface area contributed by atoms with Gasteiger partial charge in [0.15, 0.2) is 5.82 Å². The summed E-state index contributed by atoms with van der Waals surface area (Å²) >= 11 is 1.59. The zero-order chi connectivity index (χ0) is 18.7. The highest BCUT2D eigenvalue weighted by molar-refractivity contribution is 7.13. The first kappa shape index (κ1) is 17.9. The van der Waals surface area contributed by atoms with E-state index < -0.39 is 5.41 Å². The number of carbonyl (C=O) groups is 2. The van der Waals surface area contributed by atoms with Crippen molar-refractivity contribution in [2.75, 3.05) is 10.6 Å². The number of carbonyl (C=O) groups excluding carboxylic acids is 2. The number of aromatic nitrogens is 2. The lowest BCUT2D eigenvalue weighted by Gasteiger charge is -2.17. The fourth-order valence-electron chi connectivity index (χ4n) is 2.19. The summed E-state index contributed by atoms with van der Waals surface area (Å²) in [6.07, 6.45) is 0. The molecule has 2 amide bonds. The smallest absolute Gasteiger partial charge is 0.256 e. The van der Waals surface area contributed by atoms with E-state index in [1.165, 1.54) is 0 Å². The summed E-state index contributed by atoms with van der Waals surface area (Å²) in [5.41, 5.74) is 1.36. The highest BCUT2D eigenvalue weighted by Crippen LogP contribution is 2.24. The summed E-state index contributed by atoms with van der Waals surface area (Å²) in [7, 11) is 0. The Bertz CT molecular complexity index is 923. The van der Waals surface area contributed by atoms with Crippen molar-refractivity contribution in [1.82, 2.24) is 10.2 Å². The van der Waals surface area contributed by atoms with Gasteiger partial charge in [0.1, 0.15) is 0 Å². The quantitative estimate of drug-likeness (QED) is 0.639. The van der Waals surface area contributed by atoms with Crippen LogP contribution in [0.4, 0.5) is 11.5 Å². The van der Waals surface area contributed by atoms with Gasteiger partial charge in [0.25, 0.3) is 5.91 Å². The molecule has 0 saturated heterocycles. The van der Waals surface area contributed by atoms with Crippen LogP contribution >= 0.6 is 11.3 Å². The fourth-order valence-corrected chi connectivity index (χ4v) is 2.88. The third-order valence-electron chi connectivity index (χ3n) is 3.67. The van der Waals surface area contributed by atoms with Crippen LogP contribution in [0.1, 0.15) is 31.1 Å². The predicted molar refractivity (Wildman–Crippen MR) is 104 cm³/mol. The first-order valence-corrected chi connectivity index (χ1v) is 9.03. The van der Waals surface area contributed by atoms with Crippen LogP contribution in [-0.2, 0) is 4.79 Å². The van der Waals surface area contributed by atoms with Crippen molar-refractivity contribution in [3.8, 4) is 10.6 Å². The van der Waals surface area contributed by atoms with Gasteiger partial charge < -0.3 is 10.6 Å². The number of benzene rings is 1. The molecule has 0 bridgehead atoms.